The molecule has 0 aromatic heterocycles. The molecule has 0 spiro atoms. The van der Waals surface area contributed by atoms with E-state index in [4.69, 9.17) is 0 Å². The Labute approximate surface area is 86.5 Å². The van der Waals surface area contributed by atoms with Gasteiger partial charge in [0.25, 0.3) is 0 Å². The highest BCUT2D eigenvalue weighted by Crippen LogP contribution is 2.71. The molecule has 5 aliphatic carbocycles. The zero-order chi connectivity index (χ0) is 8.86. The van der Waals surface area contributed by atoms with E-state index in [1.807, 2.05) is 0 Å². The fraction of sp³-hybridized carbons (Fsp3) is 1.00. The molecule has 0 radical (unpaired) electrons. The summed E-state index contributed by atoms with van der Waals surface area (Å²) in [5, 5.41) is 0. The monoisotopic (exact) mass is 188 g/mol. The minimum Gasteiger partial charge on any atom is -0.0496 e. The first-order valence-corrected chi connectivity index (χ1v) is 6.92. The Kier molecular flexibility index (Phi) is 1.08. The summed E-state index contributed by atoms with van der Waals surface area (Å²) < 4.78 is 0. The normalized spacial score (nSPS) is 72.0. The van der Waals surface area contributed by atoms with Crippen LogP contribution in [0.4, 0.5) is 0 Å². The molecule has 5 rings (SSSR count). The van der Waals surface area contributed by atoms with Crippen LogP contribution in [0.15, 0.2) is 0 Å². The lowest BCUT2D eigenvalue weighted by atomic mass is 9.52. The lowest BCUT2D eigenvalue weighted by molar-refractivity contribution is -0.0346. The van der Waals surface area contributed by atoms with Crippen LogP contribution in [0.3, 0.4) is 0 Å². The first kappa shape index (κ1) is 7.30. The number of hydrogen-bond acceptors (Lipinski definition) is 0. The molecule has 0 amide bonds. The van der Waals surface area contributed by atoms with Crippen molar-refractivity contribution in [3.05, 3.63) is 0 Å². The molecule has 5 fully saturated rings. The van der Waals surface area contributed by atoms with Gasteiger partial charge in [-0.05, 0) is 85.9 Å². The van der Waals surface area contributed by atoms with Gasteiger partial charge in [0.05, 0.1) is 0 Å². The summed E-state index contributed by atoms with van der Waals surface area (Å²) in [5.74, 6) is 9.73. The highest BCUT2D eigenvalue weighted by atomic mass is 14.7. The molecule has 14 heavy (non-hydrogen) atoms. The molecule has 76 valence electrons. The van der Waals surface area contributed by atoms with Gasteiger partial charge >= 0.3 is 0 Å². The summed E-state index contributed by atoms with van der Waals surface area (Å²) in [7, 11) is 0. The van der Waals surface area contributed by atoms with Gasteiger partial charge in [-0.3, -0.25) is 0 Å². The minimum absolute atomic E-state index is 1.20. The maximum Gasteiger partial charge on any atom is -0.0349 e. The number of rotatable bonds is 0. The van der Waals surface area contributed by atoms with E-state index in [0.29, 0.717) is 0 Å². The van der Waals surface area contributed by atoms with E-state index in [1.165, 1.54) is 47.3 Å². The van der Waals surface area contributed by atoms with Crippen LogP contribution in [0, 0.1) is 47.3 Å². The quantitative estimate of drug-likeness (QED) is 0.547. The highest BCUT2D eigenvalue weighted by molar-refractivity contribution is 5.12. The third-order valence-corrected chi connectivity index (χ3v) is 7.09. The van der Waals surface area contributed by atoms with Crippen LogP contribution >= 0.6 is 0 Å². The maximum atomic E-state index is 1.67. The average Bonchev–Trinajstić information content (AvgIpc) is 2.48. The molecule has 0 aliphatic heterocycles. The Hall–Kier alpha value is 0. The first-order valence-electron chi connectivity index (χ1n) is 6.92. The van der Waals surface area contributed by atoms with E-state index in [-0.39, 0.29) is 0 Å². The molecule has 8 atom stereocenters. The molecular weight excluding hydrogens is 168 g/mol. The fourth-order valence-corrected chi connectivity index (χ4v) is 6.94. The Bertz CT molecular complexity index is 286. The van der Waals surface area contributed by atoms with Crippen LogP contribution in [0.5, 0.6) is 0 Å². The molecule has 0 N–H and O–H groups in total. The Balaban J connectivity index is 1.77. The van der Waals surface area contributed by atoms with Crippen molar-refractivity contribution < 1.29 is 0 Å². The van der Waals surface area contributed by atoms with Gasteiger partial charge in [0, 0.05) is 0 Å². The number of hydrogen-bond donors (Lipinski definition) is 0. The molecule has 5 bridgehead atoms. The smallest absolute Gasteiger partial charge is 0.0349 e. The third kappa shape index (κ3) is 0.605. The van der Waals surface area contributed by atoms with Crippen LogP contribution in [0.1, 0.15) is 38.5 Å². The second-order valence-corrected chi connectivity index (χ2v) is 7.02. The van der Waals surface area contributed by atoms with Crippen LogP contribution in [-0.2, 0) is 0 Å². The number of fused-ring (bicyclic) bond motifs is 3. The Morgan fingerprint density at radius 1 is 0.429 bits per heavy atom. The Morgan fingerprint density at radius 2 is 1.07 bits per heavy atom. The van der Waals surface area contributed by atoms with Crippen molar-refractivity contribution in [3.63, 3.8) is 0 Å². The van der Waals surface area contributed by atoms with Crippen LogP contribution < -0.4 is 0 Å². The summed E-state index contributed by atoms with van der Waals surface area (Å²) >= 11 is 0. The highest BCUT2D eigenvalue weighted by Gasteiger charge is 2.63. The van der Waals surface area contributed by atoms with Gasteiger partial charge < -0.3 is 0 Å². The lowest BCUT2D eigenvalue weighted by Gasteiger charge is -2.53. The van der Waals surface area contributed by atoms with Crippen molar-refractivity contribution in [2.75, 3.05) is 0 Å². The van der Waals surface area contributed by atoms with Gasteiger partial charge in [-0.2, -0.15) is 0 Å². The minimum atomic E-state index is 1.20. The van der Waals surface area contributed by atoms with Crippen molar-refractivity contribution in [1.29, 1.82) is 0 Å². The van der Waals surface area contributed by atoms with E-state index in [1.54, 1.807) is 38.5 Å². The molecule has 8 unspecified atom stereocenters. The van der Waals surface area contributed by atoms with Gasteiger partial charge in [-0.1, -0.05) is 0 Å². The molecule has 5 aliphatic rings. The van der Waals surface area contributed by atoms with Crippen molar-refractivity contribution in [2.24, 2.45) is 47.3 Å². The fourth-order valence-electron chi connectivity index (χ4n) is 6.94. The molecule has 0 heterocycles. The van der Waals surface area contributed by atoms with Crippen molar-refractivity contribution in [3.8, 4) is 0 Å². The molecule has 0 aromatic rings. The van der Waals surface area contributed by atoms with Gasteiger partial charge in [0.2, 0.25) is 0 Å². The van der Waals surface area contributed by atoms with Crippen LogP contribution in [0.2, 0.25) is 0 Å². The SMILES string of the molecule is C1C2CC3C4CCC5C(CC14)C2CC35. The average molecular weight is 188 g/mol. The van der Waals surface area contributed by atoms with E-state index < -0.39 is 0 Å². The topological polar surface area (TPSA) is 0 Å². The second kappa shape index (κ2) is 2.08. The maximum absolute atomic E-state index is 1.67. The standard InChI is InChI=1S/C14H20/c1-2-10-13-4-7-3-8-5-12(9(1)7)14(10)6-11(8)13/h7-14H,1-6H2. The zero-order valence-electron chi connectivity index (χ0n) is 8.86. The second-order valence-electron chi connectivity index (χ2n) is 7.02. The van der Waals surface area contributed by atoms with Gasteiger partial charge in [0.1, 0.15) is 0 Å². The predicted octanol–water partition coefficient (Wildman–Crippen LogP) is 3.32. The summed E-state index contributed by atoms with van der Waals surface area (Å²) in [6.07, 6.45) is 9.94. The van der Waals surface area contributed by atoms with Crippen LogP contribution in [-0.4, -0.2) is 0 Å². The zero-order valence-corrected chi connectivity index (χ0v) is 8.86. The molecular formula is C14H20. The largest absolute Gasteiger partial charge is 0.0496 e. The summed E-state index contributed by atoms with van der Waals surface area (Å²) in [6.45, 7) is 0. The van der Waals surface area contributed by atoms with E-state index >= 15 is 0 Å². The van der Waals surface area contributed by atoms with Gasteiger partial charge in [0.15, 0.2) is 0 Å². The van der Waals surface area contributed by atoms with Gasteiger partial charge in [-0.15, -0.1) is 0 Å². The molecule has 0 heteroatoms. The third-order valence-electron chi connectivity index (χ3n) is 7.09. The molecule has 0 aromatic carbocycles. The summed E-state index contributed by atoms with van der Waals surface area (Å²) in [5.41, 5.74) is 0. The van der Waals surface area contributed by atoms with E-state index in [0.717, 1.165) is 0 Å². The van der Waals surface area contributed by atoms with Crippen LogP contribution in [0.25, 0.3) is 0 Å². The van der Waals surface area contributed by atoms with E-state index in [2.05, 4.69) is 0 Å². The van der Waals surface area contributed by atoms with Gasteiger partial charge in [-0.25, -0.2) is 0 Å². The van der Waals surface area contributed by atoms with E-state index in [9.17, 15) is 0 Å². The van der Waals surface area contributed by atoms with Crippen molar-refractivity contribution in [2.45, 2.75) is 38.5 Å². The summed E-state index contributed by atoms with van der Waals surface area (Å²) in [4.78, 5) is 0. The Morgan fingerprint density at radius 3 is 2.00 bits per heavy atom. The molecule has 0 saturated heterocycles. The summed E-state index contributed by atoms with van der Waals surface area (Å²) in [6, 6.07) is 0. The molecule has 0 nitrogen and oxygen atoms in total. The first-order chi connectivity index (χ1) is 6.92. The lowest BCUT2D eigenvalue weighted by Crippen LogP contribution is -2.45. The molecule has 5 saturated carbocycles. The van der Waals surface area contributed by atoms with Crippen molar-refractivity contribution >= 4 is 0 Å². The van der Waals surface area contributed by atoms with Crippen molar-refractivity contribution in [1.82, 2.24) is 0 Å². The predicted molar refractivity (Wildman–Crippen MR) is 55.6 cm³/mol.